The van der Waals surface area contributed by atoms with Crippen LogP contribution >= 0.6 is 21.6 Å². The average Bonchev–Trinajstić information content (AvgIpc) is 4.05. The van der Waals surface area contributed by atoms with Crippen LogP contribution in [0.3, 0.4) is 0 Å². The number of amides is 3. The molecule has 5 aromatic carbocycles. The van der Waals surface area contributed by atoms with Crippen molar-refractivity contribution in [1.29, 1.82) is 0 Å². The number of ether oxygens (including phenoxy) is 7. The van der Waals surface area contributed by atoms with E-state index in [2.05, 4.69) is 59.7 Å². The molecule has 1 aliphatic carbocycles. The van der Waals surface area contributed by atoms with Gasteiger partial charge in [-0.2, -0.15) is 0 Å². The van der Waals surface area contributed by atoms with Crippen molar-refractivity contribution in [2.24, 2.45) is 4.99 Å². The Labute approximate surface area is 490 Å². The van der Waals surface area contributed by atoms with Crippen LogP contribution in [-0.2, 0) is 45.1 Å². The molecule has 0 radical (unpaired) electrons. The standard InChI is InChI=1S/C64H78N6O10S2/c1-64(2,82-81-28-14-21-61(71)67-47-17-8-6-7-9-18-47)42-68(22-23-77-26-27-78-25-24-74-3)48-30-43(40-79-59-36-53-51(34-57(59)75-4)62(72)69-49(38-65-53)32-45-15-10-12-19-55(45)69)29-44(31-48)41-80-60-37-54-52(35-58(60)76-5)63(73)70-50(39-66-54)33-46-16-11-13-20-56(46)70/h10-13,15-16,19-20,29-31,34-38,47,49-50,66H,6-9,14,17-18,21-28,32-33,39-42H2,1-5H3,(H,67,71)/t49-,50-/m0/s1. The normalized spacial score (nSPS) is 17.3. The number of aliphatic imine (C=N–C) groups is 1. The summed E-state index contributed by atoms with van der Waals surface area (Å²) in [5.41, 5.74) is 8.95. The van der Waals surface area contributed by atoms with Crippen LogP contribution in [-0.4, -0.2) is 127 Å². The maximum atomic E-state index is 14.3. The van der Waals surface area contributed by atoms with Crippen LogP contribution in [0.5, 0.6) is 23.0 Å². The molecule has 16 nitrogen and oxygen atoms in total. The maximum absolute atomic E-state index is 14.3. The van der Waals surface area contributed by atoms with Gasteiger partial charge >= 0.3 is 0 Å². The fraction of sp³-hybridized carbons (Fsp3) is 0.469. The second kappa shape index (κ2) is 27.8. The molecule has 4 aliphatic heterocycles. The van der Waals surface area contributed by atoms with E-state index in [1.165, 1.54) is 25.7 Å². The molecule has 2 N–H and O–H groups in total. The number of benzene rings is 5. The summed E-state index contributed by atoms with van der Waals surface area (Å²) in [6, 6.07) is 29.7. The molecule has 1 saturated carbocycles. The lowest BCUT2D eigenvalue weighted by Crippen LogP contribution is -2.39. The minimum atomic E-state index is -0.235. The van der Waals surface area contributed by atoms with E-state index in [0.717, 1.165) is 70.8 Å². The molecule has 2 atom stereocenters. The number of hydrogen-bond donors (Lipinski definition) is 2. The lowest BCUT2D eigenvalue weighted by molar-refractivity contribution is -0.121. The van der Waals surface area contributed by atoms with E-state index in [0.29, 0.717) is 117 Å². The third-order valence-electron chi connectivity index (χ3n) is 15.7. The number of nitrogens with one attached hydrogen (secondary N) is 2. The topological polar surface area (TPSA) is 162 Å². The minimum Gasteiger partial charge on any atom is -0.493 e. The van der Waals surface area contributed by atoms with Crippen LogP contribution in [0.2, 0.25) is 0 Å². The Balaban J connectivity index is 0.903. The van der Waals surface area contributed by atoms with Gasteiger partial charge in [-0.1, -0.05) is 83.7 Å². The molecule has 82 heavy (non-hydrogen) atoms. The number of hydrogen-bond acceptors (Lipinski definition) is 15. The molecular weight excluding hydrogens is 1080 g/mol. The van der Waals surface area contributed by atoms with Gasteiger partial charge in [0.2, 0.25) is 5.91 Å². The van der Waals surface area contributed by atoms with Crippen LogP contribution in [0.25, 0.3) is 0 Å². The number of nitrogens with zero attached hydrogens (tertiary/aromatic N) is 4. The highest BCUT2D eigenvalue weighted by atomic mass is 33.1. The van der Waals surface area contributed by atoms with Crippen LogP contribution < -0.4 is 44.3 Å². The van der Waals surface area contributed by atoms with Crippen LogP contribution in [0.1, 0.15) is 108 Å². The van der Waals surface area contributed by atoms with Gasteiger partial charge in [-0.25, -0.2) is 0 Å². The number of rotatable bonds is 27. The number of fused-ring (bicyclic) bond motifs is 8. The molecule has 1 fully saturated rings. The fourth-order valence-electron chi connectivity index (χ4n) is 11.7. The van der Waals surface area contributed by atoms with Gasteiger partial charge in [0.15, 0.2) is 23.0 Å². The molecule has 0 bridgehead atoms. The summed E-state index contributed by atoms with van der Waals surface area (Å²) in [7, 11) is 8.46. The number of methoxy groups -OCH3 is 3. The molecule has 18 heteroatoms. The van der Waals surface area contributed by atoms with E-state index in [1.54, 1.807) is 50.3 Å². The van der Waals surface area contributed by atoms with Gasteiger partial charge in [0, 0.05) is 91.5 Å². The van der Waals surface area contributed by atoms with Gasteiger partial charge < -0.3 is 53.6 Å². The van der Waals surface area contributed by atoms with Crippen LogP contribution in [0.4, 0.5) is 28.4 Å². The lowest BCUT2D eigenvalue weighted by Gasteiger charge is -2.34. The summed E-state index contributed by atoms with van der Waals surface area (Å²) < 4.78 is 42.1. The van der Waals surface area contributed by atoms with E-state index in [9.17, 15) is 14.4 Å². The molecule has 3 amide bonds. The summed E-state index contributed by atoms with van der Waals surface area (Å²) in [6.07, 6.45) is 11.7. The highest BCUT2D eigenvalue weighted by Gasteiger charge is 2.39. The number of carbonyl (C=O) groups is 3. The van der Waals surface area contributed by atoms with E-state index < -0.39 is 0 Å². The minimum absolute atomic E-state index is 0.0222. The lowest BCUT2D eigenvalue weighted by atomic mass is 10.1. The Morgan fingerprint density at radius 3 is 2.07 bits per heavy atom. The zero-order valence-electron chi connectivity index (χ0n) is 48.0. The van der Waals surface area contributed by atoms with Gasteiger partial charge in [0.1, 0.15) is 13.2 Å². The van der Waals surface area contributed by atoms with Crippen molar-refractivity contribution < 1.29 is 47.5 Å². The van der Waals surface area contributed by atoms with Gasteiger partial charge in [-0.15, -0.1) is 0 Å². The fourth-order valence-corrected chi connectivity index (χ4v) is 14.2. The first-order valence-corrected chi connectivity index (χ1v) is 31.2. The second-order valence-electron chi connectivity index (χ2n) is 22.2. The highest BCUT2D eigenvalue weighted by Crippen LogP contribution is 2.44. The largest absolute Gasteiger partial charge is 0.493 e. The molecular formula is C64H78N6O10S2. The first kappa shape index (κ1) is 58.7. The smallest absolute Gasteiger partial charge is 0.261 e. The van der Waals surface area contributed by atoms with Crippen molar-refractivity contribution in [3.8, 4) is 23.0 Å². The summed E-state index contributed by atoms with van der Waals surface area (Å²) in [5, 5.41) is 6.87. The van der Waals surface area contributed by atoms with E-state index in [1.807, 2.05) is 69.3 Å². The summed E-state index contributed by atoms with van der Waals surface area (Å²) in [6.45, 7) is 9.00. The molecule has 4 heterocycles. The first-order chi connectivity index (χ1) is 40.0. The summed E-state index contributed by atoms with van der Waals surface area (Å²) in [5.74, 6) is 2.60. The average molecular weight is 1160 g/mol. The Morgan fingerprint density at radius 1 is 0.732 bits per heavy atom. The van der Waals surface area contributed by atoms with Crippen molar-refractivity contribution >= 4 is 74.0 Å². The van der Waals surface area contributed by atoms with Crippen molar-refractivity contribution in [1.82, 2.24) is 5.32 Å². The zero-order valence-corrected chi connectivity index (χ0v) is 49.6. The third kappa shape index (κ3) is 14.3. The Hall–Kier alpha value is -6.44. The molecule has 5 aromatic rings. The van der Waals surface area contributed by atoms with Crippen molar-refractivity contribution in [3.05, 3.63) is 124 Å². The molecule has 436 valence electrons. The monoisotopic (exact) mass is 1150 g/mol. The molecule has 5 aliphatic rings. The van der Waals surface area contributed by atoms with E-state index in [4.69, 9.17) is 38.2 Å². The van der Waals surface area contributed by atoms with Crippen LogP contribution in [0.15, 0.2) is 96.0 Å². The third-order valence-corrected chi connectivity index (χ3v) is 19.1. The molecule has 0 saturated heterocycles. The summed E-state index contributed by atoms with van der Waals surface area (Å²) >= 11 is 0. The SMILES string of the molecule is COCCOCCOCCN(CC(C)(C)SSCCCC(=O)NC1CCCCCC1)c1cc(COc2cc3c(cc2OC)C(=O)N2c4ccccc4C[C@H]2C=N3)cc(COc2cc3c(cc2OC)C(=O)N2c4ccccc4C[C@H]2CN3)c1. The molecule has 0 aromatic heterocycles. The number of carbonyl (C=O) groups excluding carboxylic acids is 3. The molecule has 0 unspecified atom stereocenters. The Bertz CT molecular complexity index is 3080. The van der Waals surface area contributed by atoms with Crippen molar-refractivity contribution in [2.45, 2.75) is 114 Å². The van der Waals surface area contributed by atoms with Gasteiger partial charge in [0.25, 0.3) is 11.8 Å². The zero-order chi connectivity index (χ0) is 57.0. The number of anilines is 4. The van der Waals surface area contributed by atoms with E-state index >= 15 is 0 Å². The van der Waals surface area contributed by atoms with Gasteiger partial charge in [-0.3, -0.25) is 24.3 Å². The first-order valence-electron chi connectivity index (χ1n) is 28.9. The Kier molecular flexibility index (Phi) is 19.9. The predicted octanol–water partition coefficient (Wildman–Crippen LogP) is 11.4. The quantitative estimate of drug-likeness (QED) is 0.0290. The second-order valence-corrected chi connectivity index (χ2v) is 25.3. The van der Waals surface area contributed by atoms with Crippen LogP contribution in [0, 0.1) is 0 Å². The maximum Gasteiger partial charge on any atom is 0.261 e. The van der Waals surface area contributed by atoms with E-state index in [-0.39, 0.29) is 47.8 Å². The summed E-state index contributed by atoms with van der Waals surface area (Å²) in [4.78, 5) is 52.5. The predicted molar refractivity (Wildman–Crippen MR) is 328 cm³/mol. The van der Waals surface area contributed by atoms with Gasteiger partial charge in [0.05, 0.1) is 81.8 Å². The van der Waals surface area contributed by atoms with Crippen molar-refractivity contribution in [3.63, 3.8) is 0 Å². The molecule has 10 rings (SSSR count). The van der Waals surface area contributed by atoms with Gasteiger partial charge in [-0.05, 0) is 104 Å². The molecule has 0 spiro atoms. The highest BCUT2D eigenvalue weighted by molar-refractivity contribution is 8.77. The Morgan fingerprint density at radius 2 is 1.37 bits per heavy atom. The number of para-hydroxylation sites is 2. The van der Waals surface area contributed by atoms with Crippen molar-refractivity contribution in [2.75, 3.05) is 99.8 Å².